The minimum atomic E-state index is -3.35. The molecule has 1 aromatic carbocycles. The Morgan fingerprint density at radius 3 is 2.52 bits per heavy atom. The van der Waals surface area contributed by atoms with Gasteiger partial charge in [-0.2, -0.15) is 5.26 Å². The monoisotopic (exact) mass is 321 g/mol. The van der Waals surface area contributed by atoms with Crippen LogP contribution in [0.1, 0.15) is 10.4 Å². The Balaban J connectivity index is 1.79. The van der Waals surface area contributed by atoms with E-state index in [-0.39, 0.29) is 17.3 Å². The van der Waals surface area contributed by atoms with Crippen molar-refractivity contribution < 1.29 is 13.2 Å². The third kappa shape index (κ3) is 4.67. The van der Waals surface area contributed by atoms with Crippen molar-refractivity contribution in [2.75, 3.05) is 19.0 Å². The first-order valence-electron chi connectivity index (χ1n) is 6.45. The van der Waals surface area contributed by atoms with Crippen LogP contribution in [-0.2, 0) is 21.0 Å². The smallest absolute Gasteiger partial charge is 0.180 e. The van der Waals surface area contributed by atoms with Crippen LogP contribution >= 0.6 is 11.3 Å². The lowest BCUT2D eigenvalue weighted by molar-refractivity contribution is 0.153. The van der Waals surface area contributed by atoms with Gasteiger partial charge in [-0.15, -0.1) is 11.3 Å². The van der Waals surface area contributed by atoms with E-state index >= 15 is 0 Å². The molecule has 0 atom stereocenters. The number of hydrogen-bond donors (Lipinski definition) is 0. The van der Waals surface area contributed by atoms with Crippen molar-refractivity contribution in [2.45, 2.75) is 11.3 Å². The van der Waals surface area contributed by atoms with Crippen LogP contribution < -0.4 is 0 Å². The van der Waals surface area contributed by atoms with E-state index in [9.17, 15) is 8.42 Å². The van der Waals surface area contributed by atoms with Gasteiger partial charge in [0.2, 0.25) is 0 Å². The summed E-state index contributed by atoms with van der Waals surface area (Å²) < 4.78 is 29.5. The zero-order valence-electron chi connectivity index (χ0n) is 11.4. The topological polar surface area (TPSA) is 67.2 Å². The first kappa shape index (κ1) is 15.7. The lowest BCUT2D eigenvalue weighted by Crippen LogP contribution is -2.13. The molecule has 0 saturated heterocycles. The Kier molecular flexibility index (Phi) is 5.51. The highest BCUT2D eigenvalue weighted by Crippen LogP contribution is 2.12. The quantitative estimate of drug-likeness (QED) is 0.735. The predicted molar refractivity (Wildman–Crippen MR) is 82.1 cm³/mol. The average molecular weight is 321 g/mol. The number of benzene rings is 1. The highest BCUT2D eigenvalue weighted by molar-refractivity contribution is 7.91. The van der Waals surface area contributed by atoms with Gasteiger partial charge in [-0.05, 0) is 35.7 Å². The van der Waals surface area contributed by atoms with E-state index < -0.39 is 9.84 Å². The van der Waals surface area contributed by atoms with Gasteiger partial charge in [-0.1, -0.05) is 6.07 Å². The van der Waals surface area contributed by atoms with Crippen molar-refractivity contribution in [3.8, 4) is 6.07 Å². The van der Waals surface area contributed by atoms with Gasteiger partial charge in [-0.3, -0.25) is 0 Å². The highest BCUT2D eigenvalue weighted by Gasteiger charge is 2.14. The van der Waals surface area contributed by atoms with Crippen LogP contribution in [0.15, 0.2) is 46.7 Å². The van der Waals surface area contributed by atoms with Gasteiger partial charge in [0, 0.05) is 11.3 Å². The van der Waals surface area contributed by atoms with Crippen LogP contribution in [0.4, 0.5) is 0 Å². The molecule has 0 spiro atoms. The van der Waals surface area contributed by atoms with Crippen molar-refractivity contribution in [1.82, 2.24) is 0 Å². The lowest BCUT2D eigenvalue weighted by Gasteiger charge is -2.05. The van der Waals surface area contributed by atoms with Crippen molar-refractivity contribution in [2.24, 2.45) is 0 Å². The van der Waals surface area contributed by atoms with E-state index in [1.165, 1.54) is 29.1 Å². The molecule has 0 aliphatic rings. The summed E-state index contributed by atoms with van der Waals surface area (Å²) in [6.45, 7) is 0.692. The molecule has 21 heavy (non-hydrogen) atoms. The largest absolute Gasteiger partial charge is 0.380 e. The van der Waals surface area contributed by atoms with Crippen LogP contribution in [0.3, 0.4) is 0 Å². The molecule has 0 N–H and O–H groups in total. The minimum Gasteiger partial charge on any atom is -0.380 e. The molecule has 0 radical (unpaired) electrons. The second-order valence-electron chi connectivity index (χ2n) is 4.40. The molecular formula is C15H15NO3S2. The fourth-order valence-corrected chi connectivity index (χ4v) is 3.57. The number of thiophene rings is 1. The van der Waals surface area contributed by atoms with E-state index in [0.29, 0.717) is 12.2 Å². The SMILES string of the molecule is N#Cc1ccc(S(=O)(=O)CCOCCc2cccs2)cc1. The van der Waals surface area contributed by atoms with Crippen LogP contribution in [-0.4, -0.2) is 27.4 Å². The van der Waals surface area contributed by atoms with Gasteiger partial charge in [0.25, 0.3) is 0 Å². The Labute approximate surface area is 128 Å². The number of nitriles is 1. The zero-order chi connectivity index (χ0) is 15.1. The van der Waals surface area contributed by atoms with Crippen LogP contribution in [0.25, 0.3) is 0 Å². The van der Waals surface area contributed by atoms with Gasteiger partial charge in [0.1, 0.15) is 0 Å². The van der Waals surface area contributed by atoms with E-state index in [1.807, 2.05) is 23.6 Å². The first-order valence-corrected chi connectivity index (χ1v) is 8.98. The van der Waals surface area contributed by atoms with Crippen molar-refractivity contribution in [1.29, 1.82) is 5.26 Å². The molecular weight excluding hydrogens is 306 g/mol. The molecule has 6 heteroatoms. The molecule has 1 heterocycles. The summed E-state index contributed by atoms with van der Waals surface area (Å²) in [4.78, 5) is 1.45. The summed E-state index contributed by atoms with van der Waals surface area (Å²) in [5, 5.41) is 10.7. The summed E-state index contributed by atoms with van der Waals surface area (Å²) in [6.07, 6.45) is 0.800. The maximum Gasteiger partial charge on any atom is 0.180 e. The van der Waals surface area contributed by atoms with Gasteiger partial charge in [0.05, 0.1) is 35.5 Å². The number of sulfone groups is 1. The van der Waals surface area contributed by atoms with Crippen molar-refractivity contribution in [3.63, 3.8) is 0 Å². The summed E-state index contributed by atoms with van der Waals surface area (Å²) in [5.74, 6) is -0.0522. The molecule has 2 rings (SSSR count). The Morgan fingerprint density at radius 1 is 1.14 bits per heavy atom. The van der Waals surface area contributed by atoms with Crippen LogP contribution in [0.2, 0.25) is 0 Å². The Bertz CT molecular complexity index is 698. The number of ether oxygens (including phenoxy) is 1. The molecule has 0 aliphatic heterocycles. The maximum atomic E-state index is 12.1. The second-order valence-corrected chi connectivity index (χ2v) is 7.54. The summed E-state index contributed by atoms with van der Waals surface area (Å²) in [7, 11) is -3.35. The van der Waals surface area contributed by atoms with E-state index in [2.05, 4.69) is 0 Å². The number of rotatable bonds is 7. The Hall–Kier alpha value is -1.68. The van der Waals surface area contributed by atoms with Gasteiger partial charge >= 0.3 is 0 Å². The third-order valence-corrected chi connectivity index (χ3v) is 5.54. The van der Waals surface area contributed by atoms with Gasteiger partial charge in [0.15, 0.2) is 9.84 Å². The maximum absolute atomic E-state index is 12.1. The summed E-state index contributed by atoms with van der Waals surface area (Å²) in [6, 6.07) is 11.9. The number of nitrogens with zero attached hydrogens (tertiary/aromatic N) is 1. The lowest BCUT2D eigenvalue weighted by atomic mass is 10.2. The fourth-order valence-electron chi connectivity index (χ4n) is 1.75. The van der Waals surface area contributed by atoms with E-state index in [1.54, 1.807) is 11.3 Å². The highest BCUT2D eigenvalue weighted by atomic mass is 32.2. The standard InChI is InChI=1S/C15H15NO3S2/c16-12-13-3-5-15(6-4-13)21(17,18)11-9-19-8-7-14-2-1-10-20-14/h1-6,10H,7-9,11H2. The van der Waals surface area contributed by atoms with Gasteiger partial charge in [-0.25, -0.2) is 8.42 Å². The van der Waals surface area contributed by atoms with Crippen LogP contribution in [0.5, 0.6) is 0 Å². The minimum absolute atomic E-state index is 0.0522. The fraction of sp³-hybridized carbons (Fsp3) is 0.267. The van der Waals surface area contributed by atoms with Crippen LogP contribution in [0, 0.1) is 11.3 Å². The summed E-state index contributed by atoms with van der Waals surface area (Å²) in [5.41, 5.74) is 0.446. The average Bonchev–Trinajstić information content (AvgIpc) is 3.00. The molecule has 1 aromatic heterocycles. The summed E-state index contributed by atoms with van der Waals surface area (Å²) >= 11 is 1.66. The normalized spacial score (nSPS) is 11.2. The van der Waals surface area contributed by atoms with E-state index in [0.717, 1.165) is 6.42 Å². The number of hydrogen-bond acceptors (Lipinski definition) is 5. The molecule has 0 amide bonds. The Morgan fingerprint density at radius 2 is 1.90 bits per heavy atom. The van der Waals surface area contributed by atoms with Crippen molar-refractivity contribution in [3.05, 3.63) is 52.2 Å². The van der Waals surface area contributed by atoms with E-state index in [4.69, 9.17) is 10.00 Å². The molecule has 0 saturated carbocycles. The zero-order valence-corrected chi connectivity index (χ0v) is 13.0. The molecule has 2 aromatic rings. The molecule has 0 bridgehead atoms. The molecule has 4 nitrogen and oxygen atoms in total. The molecule has 0 aliphatic carbocycles. The third-order valence-electron chi connectivity index (χ3n) is 2.91. The molecule has 0 fully saturated rings. The second kappa shape index (κ2) is 7.36. The van der Waals surface area contributed by atoms with Crippen molar-refractivity contribution >= 4 is 21.2 Å². The van der Waals surface area contributed by atoms with Gasteiger partial charge < -0.3 is 4.74 Å². The first-order chi connectivity index (χ1) is 10.1. The molecule has 0 unspecified atom stereocenters. The molecule has 110 valence electrons. The predicted octanol–water partition coefficient (Wildman–Crippen LogP) is 2.65.